The van der Waals surface area contributed by atoms with E-state index in [1.165, 1.54) is 6.21 Å². The Labute approximate surface area is 224 Å². The van der Waals surface area contributed by atoms with Gasteiger partial charge in [0.1, 0.15) is 17.6 Å². The van der Waals surface area contributed by atoms with Crippen LogP contribution in [0.4, 0.5) is 0 Å². The highest BCUT2D eigenvalue weighted by atomic mass is 35.5. The van der Waals surface area contributed by atoms with E-state index < -0.39 is 17.9 Å². The molecule has 37 heavy (non-hydrogen) atoms. The van der Waals surface area contributed by atoms with Crippen molar-refractivity contribution in [2.24, 2.45) is 5.10 Å². The van der Waals surface area contributed by atoms with Crippen LogP contribution in [0.3, 0.4) is 0 Å². The number of benzene rings is 2. The van der Waals surface area contributed by atoms with Gasteiger partial charge < -0.3 is 24.8 Å². The molecular formula is C25H24ClN5O5S. The Hall–Kier alpha value is -4.14. The van der Waals surface area contributed by atoms with Crippen LogP contribution in [0, 0.1) is 11.3 Å². The monoisotopic (exact) mass is 541 g/mol. The van der Waals surface area contributed by atoms with Crippen molar-refractivity contribution in [1.29, 1.82) is 5.26 Å². The average molecular weight is 542 g/mol. The fourth-order valence-electron chi connectivity index (χ4n) is 3.47. The molecule has 1 heterocycles. The van der Waals surface area contributed by atoms with E-state index in [2.05, 4.69) is 21.2 Å². The minimum Gasteiger partial charge on any atom is -0.483 e. The van der Waals surface area contributed by atoms with Crippen molar-refractivity contribution in [1.82, 2.24) is 16.1 Å². The number of esters is 1. The summed E-state index contributed by atoms with van der Waals surface area (Å²) in [5.74, 6) is -0.255. The van der Waals surface area contributed by atoms with Crippen molar-refractivity contribution in [3.05, 3.63) is 69.9 Å². The Balaban J connectivity index is 1.71. The van der Waals surface area contributed by atoms with Gasteiger partial charge in [0.05, 0.1) is 24.4 Å². The molecule has 1 atom stereocenters. The minimum atomic E-state index is -0.639. The number of amides is 1. The van der Waals surface area contributed by atoms with Crippen molar-refractivity contribution in [3.63, 3.8) is 0 Å². The van der Waals surface area contributed by atoms with E-state index in [1.54, 1.807) is 56.3 Å². The quantitative estimate of drug-likeness (QED) is 0.179. The molecule has 2 aromatic rings. The zero-order valence-electron chi connectivity index (χ0n) is 20.0. The number of carbonyl (C=O) groups is 2. The number of ether oxygens (including phenoxy) is 3. The van der Waals surface area contributed by atoms with Gasteiger partial charge in [-0.25, -0.2) is 10.2 Å². The van der Waals surface area contributed by atoms with Crippen LogP contribution in [0.1, 0.15) is 31.0 Å². The van der Waals surface area contributed by atoms with Crippen LogP contribution >= 0.6 is 23.8 Å². The Kier molecular flexibility index (Phi) is 9.83. The van der Waals surface area contributed by atoms with Gasteiger partial charge >= 0.3 is 5.97 Å². The number of rotatable bonds is 10. The molecule has 12 heteroatoms. The third-order valence-corrected chi connectivity index (χ3v) is 5.47. The van der Waals surface area contributed by atoms with Gasteiger partial charge in [-0.15, -0.1) is 0 Å². The summed E-state index contributed by atoms with van der Waals surface area (Å²) in [6.45, 7) is 3.17. The Morgan fingerprint density at radius 2 is 2.03 bits per heavy atom. The summed E-state index contributed by atoms with van der Waals surface area (Å²) >= 11 is 11.3. The molecule has 10 nitrogen and oxygen atoms in total. The summed E-state index contributed by atoms with van der Waals surface area (Å²) in [6, 6.07) is 13.0. The van der Waals surface area contributed by atoms with E-state index in [1.807, 2.05) is 6.07 Å². The number of nitriles is 1. The van der Waals surface area contributed by atoms with Crippen molar-refractivity contribution in [2.45, 2.75) is 19.9 Å². The molecule has 0 spiro atoms. The summed E-state index contributed by atoms with van der Waals surface area (Å²) in [4.78, 5) is 25.1. The van der Waals surface area contributed by atoms with Gasteiger partial charge in [0, 0.05) is 21.8 Å². The van der Waals surface area contributed by atoms with Crippen LogP contribution in [0.5, 0.6) is 11.5 Å². The molecular weight excluding hydrogens is 518 g/mol. The number of halogens is 1. The molecule has 0 saturated carbocycles. The highest BCUT2D eigenvalue weighted by Crippen LogP contribution is 2.33. The van der Waals surface area contributed by atoms with Gasteiger partial charge in [-0.1, -0.05) is 29.8 Å². The molecule has 3 rings (SSSR count). The Morgan fingerprint density at radius 1 is 1.24 bits per heavy atom. The lowest BCUT2D eigenvalue weighted by atomic mass is 9.95. The van der Waals surface area contributed by atoms with Gasteiger partial charge in [-0.05, 0) is 50.3 Å². The first-order valence-corrected chi connectivity index (χ1v) is 11.9. The average Bonchev–Trinajstić information content (AvgIpc) is 2.87. The van der Waals surface area contributed by atoms with Gasteiger partial charge in [-0.2, -0.15) is 10.4 Å². The Bertz CT molecular complexity index is 1290. The standard InChI is InChI=1S/C25H24ClN5O5S/c1-3-34-24(33)22-15(2)29-25(37)30-23(22)18-6-4-5-7-20(18)36-14-21(32)31-28-13-16-12-17(26)8-9-19(16)35-11-10-27/h4-9,12-13,23H,3,11,14H2,1-2H3,(H,31,32)(H2,29,30,37)/t23-/m0/s1. The minimum absolute atomic E-state index is 0.148. The van der Waals surface area contributed by atoms with E-state index in [-0.39, 0.29) is 19.8 Å². The first kappa shape index (κ1) is 27.4. The molecule has 0 aliphatic carbocycles. The second kappa shape index (κ2) is 13.2. The number of allylic oxidation sites excluding steroid dienone is 1. The van der Waals surface area contributed by atoms with Gasteiger partial charge in [-0.3, -0.25) is 4.79 Å². The van der Waals surface area contributed by atoms with Crippen molar-refractivity contribution < 1.29 is 23.8 Å². The smallest absolute Gasteiger partial charge is 0.338 e. The van der Waals surface area contributed by atoms with Gasteiger partial charge in [0.15, 0.2) is 18.3 Å². The molecule has 192 valence electrons. The SMILES string of the molecule is CCOC(=O)C1=C(C)NC(=S)N[C@H]1c1ccccc1OCC(=O)NN=Cc1cc(Cl)ccc1OCC#N. The van der Waals surface area contributed by atoms with E-state index >= 15 is 0 Å². The van der Waals surface area contributed by atoms with Gasteiger partial charge in [0.2, 0.25) is 0 Å². The van der Waals surface area contributed by atoms with Crippen LogP contribution < -0.4 is 25.5 Å². The third-order valence-electron chi connectivity index (χ3n) is 5.01. The van der Waals surface area contributed by atoms with Crippen molar-refractivity contribution >= 4 is 47.0 Å². The van der Waals surface area contributed by atoms with Crippen molar-refractivity contribution in [2.75, 3.05) is 19.8 Å². The maximum absolute atomic E-state index is 12.7. The highest BCUT2D eigenvalue weighted by molar-refractivity contribution is 7.80. The number of nitrogens with zero attached hydrogens (tertiary/aromatic N) is 2. The molecule has 0 unspecified atom stereocenters. The van der Waals surface area contributed by atoms with E-state index in [9.17, 15) is 9.59 Å². The number of hydrogen-bond donors (Lipinski definition) is 3. The number of carbonyl (C=O) groups excluding carboxylic acids is 2. The molecule has 0 aromatic heterocycles. The lowest BCUT2D eigenvalue weighted by Gasteiger charge is -2.30. The zero-order chi connectivity index (χ0) is 26.8. The number of nitrogens with one attached hydrogen (secondary N) is 3. The first-order chi connectivity index (χ1) is 17.8. The molecule has 1 aliphatic rings. The fourth-order valence-corrected chi connectivity index (χ4v) is 3.92. The predicted octanol–water partition coefficient (Wildman–Crippen LogP) is 3.13. The molecule has 1 aliphatic heterocycles. The van der Waals surface area contributed by atoms with Crippen molar-refractivity contribution in [3.8, 4) is 17.6 Å². The topological polar surface area (TPSA) is 134 Å². The lowest BCUT2D eigenvalue weighted by molar-refractivity contribution is -0.139. The Morgan fingerprint density at radius 3 is 2.78 bits per heavy atom. The normalized spacial score (nSPS) is 14.9. The summed E-state index contributed by atoms with van der Waals surface area (Å²) < 4.78 is 16.3. The molecule has 1 amide bonds. The summed E-state index contributed by atoms with van der Waals surface area (Å²) in [5.41, 5.74) is 4.38. The van der Waals surface area contributed by atoms with E-state index in [0.717, 1.165) is 0 Å². The summed E-state index contributed by atoms with van der Waals surface area (Å²) in [6.07, 6.45) is 1.35. The lowest BCUT2D eigenvalue weighted by Crippen LogP contribution is -2.45. The number of hydrazone groups is 1. The highest BCUT2D eigenvalue weighted by Gasteiger charge is 2.32. The predicted molar refractivity (Wildman–Crippen MR) is 141 cm³/mol. The van der Waals surface area contributed by atoms with E-state index in [4.69, 9.17) is 43.3 Å². The van der Waals surface area contributed by atoms with Crippen LogP contribution in [-0.4, -0.2) is 43.0 Å². The second-order valence-corrected chi connectivity index (χ2v) is 8.38. The summed E-state index contributed by atoms with van der Waals surface area (Å²) in [5, 5.41) is 19.4. The van der Waals surface area contributed by atoms with Crippen LogP contribution in [-0.2, 0) is 14.3 Å². The molecule has 3 N–H and O–H groups in total. The van der Waals surface area contributed by atoms with E-state index in [0.29, 0.717) is 44.0 Å². The second-order valence-electron chi connectivity index (χ2n) is 7.54. The maximum atomic E-state index is 12.7. The summed E-state index contributed by atoms with van der Waals surface area (Å²) in [7, 11) is 0. The number of hydrogen-bond acceptors (Lipinski definition) is 8. The number of thiocarbonyl (C=S) groups is 1. The molecule has 0 saturated heterocycles. The van der Waals surface area contributed by atoms with Gasteiger partial charge in [0.25, 0.3) is 5.91 Å². The zero-order valence-corrected chi connectivity index (χ0v) is 21.6. The molecule has 0 fully saturated rings. The first-order valence-electron chi connectivity index (χ1n) is 11.1. The largest absolute Gasteiger partial charge is 0.483 e. The molecule has 0 radical (unpaired) electrons. The molecule has 0 bridgehead atoms. The van der Waals surface area contributed by atoms with Crippen LogP contribution in [0.2, 0.25) is 5.02 Å². The fraction of sp³-hybridized carbons (Fsp3) is 0.240. The maximum Gasteiger partial charge on any atom is 0.338 e. The third kappa shape index (κ3) is 7.42. The van der Waals surface area contributed by atoms with Crippen LogP contribution in [0.25, 0.3) is 0 Å². The molecule has 2 aromatic carbocycles. The number of para-hydroxylation sites is 1. The van der Waals surface area contributed by atoms with Crippen LogP contribution in [0.15, 0.2) is 58.8 Å².